The van der Waals surface area contributed by atoms with E-state index in [4.69, 9.17) is 4.84 Å². The van der Waals surface area contributed by atoms with Crippen LogP contribution < -0.4 is 0 Å². The molecule has 1 aliphatic heterocycles. The molecular weight excluding hydrogens is 450 g/mol. The van der Waals surface area contributed by atoms with Gasteiger partial charge in [-0.25, -0.2) is 4.79 Å². The molecule has 2 aliphatic rings. The molecule has 35 heavy (non-hydrogen) atoms. The van der Waals surface area contributed by atoms with Crippen LogP contribution in [0.15, 0.2) is 54.6 Å². The summed E-state index contributed by atoms with van der Waals surface area (Å²) in [5, 5.41) is 31.7. The lowest BCUT2D eigenvalue weighted by molar-refractivity contribution is -0.197. The summed E-state index contributed by atoms with van der Waals surface area (Å²) in [6, 6.07) is 9.94. The molecule has 1 aliphatic carbocycles. The Labute approximate surface area is 205 Å². The molecule has 1 aromatic carbocycles. The number of carbonyl (C=O) groups is 3. The van der Waals surface area contributed by atoms with Gasteiger partial charge in [0, 0.05) is 31.6 Å². The van der Waals surface area contributed by atoms with Crippen LogP contribution in [0.25, 0.3) is 0 Å². The van der Waals surface area contributed by atoms with Gasteiger partial charge in [-0.2, -0.15) is 0 Å². The van der Waals surface area contributed by atoms with Gasteiger partial charge in [0.1, 0.15) is 0 Å². The Bertz CT molecular complexity index is 897. The number of rotatable bonds is 12. The van der Waals surface area contributed by atoms with E-state index >= 15 is 0 Å². The third-order valence-corrected chi connectivity index (χ3v) is 6.57. The van der Waals surface area contributed by atoms with Gasteiger partial charge in [-0.1, -0.05) is 54.6 Å². The average molecular weight is 486 g/mol. The number of benzene rings is 1. The smallest absolute Gasteiger partial charge is 0.333 e. The van der Waals surface area contributed by atoms with Crippen LogP contribution in [0, 0.1) is 11.8 Å². The van der Waals surface area contributed by atoms with Crippen LogP contribution >= 0.6 is 0 Å². The number of aliphatic hydroxyl groups is 3. The van der Waals surface area contributed by atoms with Gasteiger partial charge in [-0.3, -0.25) is 9.59 Å². The van der Waals surface area contributed by atoms with Crippen molar-refractivity contribution in [3.8, 4) is 0 Å². The second-order valence-electron chi connectivity index (χ2n) is 9.23. The van der Waals surface area contributed by atoms with Gasteiger partial charge in [0.25, 0.3) is 11.8 Å². The van der Waals surface area contributed by atoms with Gasteiger partial charge in [-0.15, -0.1) is 5.06 Å². The molecule has 190 valence electrons. The van der Waals surface area contributed by atoms with Crippen molar-refractivity contribution in [3.05, 3.63) is 60.2 Å². The SMILES string of the molecule is O=C(CCCC=CCC1C(O)CC(O)C1C=CC(O)CCc1ccccc1)ON1C(=O)CCC1=O. The first-order valence-corrected chi connectivity index (χ1v) is 12.3. The zero-order valence-electron chi connectivity index (χ0n) is 19.9. The molecule has 3 rings (SSSR count). The molecule has 8 heteroatoms. The predicted molar refractivity (Wildman–Crippen MR) is 128 cm³/mol. The second-order valence-corrected chi connectivity index (χ2v) is 9.23. The number of nitrogens with zero attached hydrogens (tertiary/aromatic N) is 1. The standard InChI is InChI=1S/C27H35NO7/c29-20(13-12-19-8-4-3-5-9-19)14-15-22-21(23(30)18-24(22)31)10-6-1-2-7-11-27(34)35-28-25(32)16-17-26(28)33/h1,3-6,8-9,14-15,20-24,29-31H,2,7,10-13,16-18H2. The minimum Gasteiger partial charge on any atom is -0.393 e. The van der Waals surface area contributed by atoms with Crippen LogP contribution in [0.4, 0.5) is 0 Å². The van der Waals surface area contributed by atoms with Gasteiger partial charge >= 0.3 is 5.97 Å². The maximum Gasteiger partial charge on any atom is 0.333 e. The highest BCUT2D eigenvalue weighted by atomic mass is 16.7. The topological polar surface area (TPSA) is 124 Å². The molecule has 0 bridgehead atoms. The quantitative estimate of drug-likeness (QED) is 0.236. The number of hydrogen-bond donors (Lipinski definition) is 3. The Hall–Kier alpha value is -2.81. The highest BCUT2D eigenvalue weighted by Crippen LogP contribution is 2.36. The van der Waals surface area contributed by atoms with Crippen molar-refractivity contribution in [3.63, 3.8) is 0 Å². The van der Waals surface area contributed by atoms with E-state index < -0.39 is 36.1 Å². The molecule has 0 aromatic heterocycles. The van der Waals surface area contributed by atoms with Crippen molar-refractivity contribution in [2.45, 2.75) is 76.1 Å². The number of aryl methyl sites for hydroxylation is 1. The Morgan fingerprint density at radius 3 is 2.51 bits per heavy atom. The number of hydroxylamine groups is 2. The lowest BCUT2D eigenvalue weighted by Gasteiger charge is -2.19. The molecule has 8 nitrogen and oxygen atoms in total. The van der Waals surface area contributed by atoms with Gasteiger partial charge in [-0.05, 0) is 43.6 Å². The fraction of sp³-hybridized carbons (Fsp3) is 0.519. The summed E-state index contributed by atoms with van der Waals surface area (Å²) in [6.45, 7) is 0. The number of unbranched alkanes of at least 4 members (excludes halogenated alkanes) is 1. The molecule has 5 atom stereocenters. The monoisotopic (exact) mass is 485 g/mol. The summed E-state index contributed by atoms with van der Waals surface area (Å²) in [6.07, 6.45) is 8.98. The van der Waals surface area contributed by atoms with Crippen molar-refractivity contribution >= 4 is 17.8 Å². The summed E-state index contributed by atoms with van der Waals surface area (Å²) < 4.78 is 0. The Kier molecular flexibility index (Phi) is 10.2. The zero-order chi connectivity index (χ0) is 25.2. The highest BCUT2D eigenvalue weighted by molar-refractivity contribution is 6.01. The summed E-state index contributed by atoms with van der Waals surface area (Å²) >= 11 is 0. The molecule has 5 unspecified atom stereocenters. The Balaban J connectivity index is 1.38. The minimum absolute atomic E-state index is 0.0688. The fourth-order valence-corrected chi connectivity index (χ4v) is 4.56. The Morgan fingerprint density at radius 2 is 1.80 bits per heavy atom. The van der Waals surface area contributed by atoms with E-state index in [0.717, 1.165) is 12.0 Å². The lowest BCUT2D eigenvalue weighted by atomic mass is 9.89. The molecular formula is C27H35NO7. The molecule has 3 N–H and O–H groups in total. The average Bonchev–Trinajstić information content (AvgIpc) is 3.30. The van der Waals surface area contributed by atoms with Crippen molar-refractivity contribution in [1.82, 2.24) is 5.06 Å². The predicted octanol–water partition coefficient (Wildman–Crippen LogP) is 2.62. The molecule has 0 radical (unpaired) electrons. The molecule has 1 aromatic rings. The fourth-order valence-electron chi connectivity index (χ4n) is 4.56. The summed E-state index contributed by atoms with van der Waals surface area (Å²) in [5.74, 6) is -2.00. The molecule has 2 amide bonds. The van der Waals surface area contributed by atoms with Gasteiger partial charge in [0.15, 0.2) is 0 Å². The van der Waals surface area contributed by atoms with E-state index in [2.05, 4.69) is 0 Å². The van der Waals surface area contributed by atoms with E-state index in [0.29, 0.717) is 37.2 Å². The van der Waals surface area contributed by atoms with Crippen LogP contribution in [-0.4, -0.2) is 56.5 Å². The summed E-state index contributed by atoms with van der Waals surface area (Å²) in [7, 11) is 0. The van der Waals surface area contributed by atoms with Crippen LogP contribution in [-0.2, 0) is 25.6 Å². The van der Waals surface area contributed by atoms with E-state index in [-0.39, 0.29) is 31.1 Å². The van der Waals surface area contributed by atoms with Crippen LogP contribution in [0.1, 0.15) is 56.9 Å². The van der Waals surface area contributed by atoms with Crippen LogP contribution in [0.5, 0.6) is 0 Å². The first kappa shape index (κ1) is 26.8. The molecule has 1 saturated carbocycles. The number of hydrogen-bond acceptors (Lipinski definition) is 7. The van der Waals surface area contributed by atoms with E-state index in [1.54, 1.807) is 6.08 Å². The number of imide groups is 1. The third-order valence-electron chi connectivity index (χ3n) is 6.57. The number of amides is 2. The Morgan fingerprint density at radius 1 is 1.09 bits per heavy atom. The van der Waals surface area contributed by atoms with E-state index in [1.165, 1.54) is 0 Å². The summed E-state index contributed by atoms with van der Waals surface area (Å²) in [4.78, 5) is 39.6. The molecule has 1 saturated heterocycles. The molecule has 1 heterocycles. The normalized spacial score (nSPS) is 25.7. The minimum atomic E-state index is -0.660. The zero-order valence-corrected chi connectivity index (χ0v) is 19.9. The van der Waals surface area contributed by atoms with Gasteiger partial charge in [0.05, 0.1) is 18.3 Å². The van der Waals surface area contributed by atoms with Crippen molar-refractivity contribution in [1.29, 1.82) is 0 Å². The number of allylic oxidation sites excluding steroid dienone is 2. The van der Waals surface area contributed by atoms with Crippen molar-refractivity contribution < 1.29 is 34.5 Å². The molecule has 2 fully saturated rings. The first-order chi connectivity index (χ1) is 16.8. The van der Waals surface area contributed by atoms with Crippen molar-refractivity contribution in [2.75, 3.05) is 0 Å². The maximum absolute atomic E-state index is 11.8. The van der Waals surface area contributed by atoms with E-state index in [9.17, 15) is 29.7 Å². The number of aliphatic hydroxyl groups excluding tert-OH is 3. The third kappa shape index (κ3) is 8.13. The van der Waals surface area contributed by atoms with Gasteiger partial charge < -0.3 is 20.2 Å². The molecule has 0 spiro atoms. The van der Waals surface area contributed by atoms with Gasteiger partial charge in [0.2, 0.25) is 0 Å². The largest absolute Gasteiger partial charge is 0.393 e. The van der Waals surface area contributed by atoms with Crippen molar-refractivity contribution in [2.24, 2.45) is 11.8 Å². The van der Waals surface area contributed by atoms with Crippen LogP contribution in [0.3, 0.4) is 0 Å². The number of carbonyl (C=O) groups excluding carboxylic acids is 3. The summed E-state index contributed by atoms with van der Waals surface area (Å²) in [5.41, 5.74) is 1.16. The first-order valence-electron chi connectivity index (χ1n) is 12.3. The lowest BCUT2D eigenvalue weighted by Crippen LogP contribution is -2.31. The maximum atomic E-state index is 11.8. The highest BCUT2D eigenvalue weighted by Gasteiger charge is 2.39. The van der Waals surface area contributed by atoms with E-state index in [1.807, 2.05) is 48.6 Å². The van der Waals surface area contributed by atoms with Crippen LogP contribution in [0.2, 0.25) is 0 Å². The second kappa shape index (κ2) is 13.3.